The molecule has 0 radical (unpaired) electrons. The van der Waals surface area contributed by atoms with E-state index < -0.39 is 11.6 Å². The van der Waals surface area contributed by atoms with Crippen molar-refractivity contribution in [3.63, 3.8) is 0 Å². The maximum Gasteiger partial charge on any atom is 0.325 e. The Bertz CT molecular complexity index is 798. The lowest BCUT2D eigenvalue weighted by Crippen LogP contribution is -2.49. The van der Waals surface area contributed by atoms with Crippen molar-refractivity contribution in [2.75, 3.05) is 6.54 Å². The molecular weight excluding hydrogens is 354 g/mol. The molecule has 0 aromatic heterocycles. The number of nitrogens with zero attached hydrogens (tertiary/aromatic N) is 1. The van der Waals surface area contributed by atoms with E-state index >= 15 is 0 Å². The number of aryl methyl sites for hydroxylation is 2. The van der Waals surface area contributed by atoms with Gasteiger partial charge in [-0.1, -0.05) is 37.5 Å². The lowest BCUT2D eigenvalue weighted by molar-refractivity contribution is -0.136. The number of benzene rings is 1. The maximum atomic E-state index is 12.8. The van der Waals surface area contributed by atoms with Crippen LogP contribution in [0, 0.1) is 0 Å². The van der Waals surface area contributed by atoms with Gasteiger partial charge in [-0.25, -0.2) is 4.79 Å². The molecule has 3 aliphatic rings. The van der Waals surface area contributed by atoms with E-state index in [1.807, 2.05) is 6.92 Å². The first kappa shape index (κ1) is 19.0. The van der Waals surface area contributed by atoms with E-state index in [-0.39, 0.29) is 24.4 Å². The molecule has 1 atom stereocenters. The second-order valence-corrected chi connectivity index (χ2v) is 8.49. The third kappa shape index (κ3) is 3.52. The van der Waals surface area contributed by atoms with Crippen molar-refractivity contribution < 1.29 is 14.4 Å². The van der Waals surface area contributed by atoms with Crippen molar-refractivity contribution in [2.45, 2.75) is 76.3 Å². The number of hydrogen-bond donors (Lipinski definition) is 2. The summed E-state index contributed by atoms with van der Waals surface area (Å²) in [4.78, 5) is 38.8. The Kier molecular flexibility index (Phi) is 5.13. The molecule has 6 heteroatoms. The summed E-state index contributed by atoms with van der Waals surface area (Å²) in [6.45, 7) is 1.72. The average molecular weight is 383 g/mol. The zero-order valence-electron chi connectivity index (χ0n) is 16.6. The van der Waals surface area contributed by atoms with Crippen LogP contribution in [-0.2, 0) is 22.4 Å². The molecule has 1 aromatic carbocycles. The van der Waals surface area contributed by atoms with E-state index in [0.29, 0.717) is 12.8 Å². The molecule has 4 amide bonds. The van der Waals surface area contributed by atoms with Crippen LogP contribution in [0.1, 0.15) is 74.6 Å². The van der Waals surface area contributed by atoms with Crippen LogP contribution in [0.25, 0.3) is 0 Å². The molecule has 1 saturated heterocycles. The SMILES string of the molecule is C[C@H](NC(=O)CN1C(=O)NC2(CCCCC2)C1=O)c1ccc2c(c1)CCCC2. The zero-order valence-corrected chi connectivity index (χ0v) is 16.6. The molecule has 4 rings (SSSR count). The third-order valence-electron chi connectivity index (χ3n) is 6.50. The molecule has 1 heterocycles. The zero-order chi connectivity index (χ0) is 19.7. The highest BCUT2D eigenvalue weighted by molar-refractivity contribution is 6.09. The van der Waals surface area contributed by atoms with Crippen LogP contribution in [0.5, 0.6) is 0 Å². The van der Waals surface area contributed by atoms with Crippen LogP contribution in [0.2, 0.25) is 0 Å². The van der Waals surface area contributed by atoms with Gasteiger partial charge in [0, 0.05) is 0 Å². The largest absolute Gasteiger partial charge is 0.348 e. The van der Waals surface area contributed by atoms with Crippen LogP contribution in [-0.4, -0.2) is 34.8 Å². The Morgan fingerprint density at radius 1 is 1.11 bits per heavy atom. The first-order chi connectivity index (χ1) is 13.5. The monoisotopic (exact) mass is 383 g/mol. The maximum absolute atomic E-state index is 12.8. The van der Waals surface area contributed by atoms with Crippen molar-refractivity contribution in [2.24, 2.45) is 0 Å². The number of nitrogens with one attached hydrogen (secondary N) is 2. The predicted octanol–water partition coefficient (Wildman–Crippen LogP) is 3.00. The second-order valence-electron chi connectivity index (χ2n) is 8.49. The van der Waals surface area contributed by atoms with E-state index in [4.69, 9.17) is 0 Å². The van der Waals surface area contributed by atoms with E-state index in [9.17, 15) is 14.4 Å². The van der Waals surface area contributed by atoms with Crippen LogP contribution < -0.4 is 10.6 Å². The summed E-state index contributed by atoms with van der Waals surface area (Å²) in [6.07, 6.45) is 8.96. The smallest absolute Gasteiger partial charge is 0.325 e. The molecule has 1 spiro atoms. The van der Waals surface area contributed by atoms with Gasteiger partial charge in [-0.2, -0.15) is 0 Å². The normalized spacial score (nSPS) is 22.0. The average Bonchev–Trinajstić information content (AvgIpc) is 2.92. The molecular formula is C22H29N3O3. The van der Waals surface area contributed by atoms with Crippen LogP contribution in [0.3, 0.4) is 0 Å². The number of imide groups is 1. The van der Waals surface area contributed by atoms with Crippen molar-refractivity contribution in [1.29, 1.82) is 0 Å². The van der Waals surface area contributed by atoms with Crippen LogP contribution in [0.4, 0.5) is 4.79 Å². The summed E-state index contributed by atoms with van der Waals surface area (Å²) in [5.41, 5.74) is 3.07. The molecule has 6 nitrogen and oxygen atoms in total. The fraction of sp³-hybridized carbons (Fsp3) is 0.591. The van der Waals surface area contributed by atoms with Crippen LogP contribution >= 0.6 is 0 Å². The summed E-state index contributed by atoms with van der Waals surface area (Å²) in [5, 5.41) is 5.80. The van der Waals surface area contributed by atoms with Gasteiger partial charge in [-0.15, -0.1) is 0 Å². The first-order valence-corrected chi connectivity index (χ1v) is 10.5. The minimum absolute atomic E-state index is 0.163. The van der Waals surface area contributed by atoms with E-state index in [0.717, 1.165) is 42.6 Å². The summed E-state index contributed by atoms with van der Waals surface area (Å²) < 4.78 is 0. The fourth-order valence-corrected chi connectivity index (χ4v) is 4.85. The van der Waals surface area contributed by atoms with Gasteiger partial charge in [0.05, 0.1) is 6.04 Å². The molecule has 2 fully saturated rings. The highest BCUT2D eigenvalue weighted by Gasteiger charge is 2.51. The molecule has 1 aliphatic heterocycles. The van der Waals surface area contributed by atoms with Gasteiger partial charge in [0.1, 0.15) is 12.1 Å². The second kappa shape index (κ2) is 7.57. The minimum Gasteiger partial charge on any atom is -0.348 e. The van der Waals surface area contributed by atoms with Gasteiger partial charge < -0.3 is 10.6 Å². The molecule has 1 aromatic rings. The van der Waals surface area contributed by atoms with Crippen molar-refractivity contribution in [1.82, 2.24) is 15.5 Å². The Labute approximate surface area is 166 Å². The highest BCUT2D eigenvalue weighted by Crippen LogP contribution is 2.33. The molecule has 2 aliphatic carbocycles. The lowest BCUT2D eigenvalue weighted by Gasteiger charge is -2.30. The first-order valence-electron chi connectivity index (χ1n) is 10.5. The van der Waals surface area contributed by atoms with Gasteiger partial charge >= 0.3 is 6.03 Å². The van der Waals surface area contributed by atoms with Gasteiger partial charge in [-0.3, -0.25) is 14.5 Å². The molecule has 28 heavy (non-hydrogen) atoms. The topological polar surface area (TPSA) is 78.5 Å². The molecule has 2 N–H and O–H groups in total. The molecule has 150 valence electrons. The minimum atomic E-state index is -0.778. The summed E-state index contributed by atoms with van der Waals surface area (Å²) >= 11 is 0. The highest BCUT2D eigenvalue weighted by atomic mass is 16.2. The Morgan fingerprint density at radius 2 is 1.82 bits per heavy atom. The van der Waals surface area contributed by atoms with Crippen molar-refractivity contribution >= 4 is 17.8 Å². The summed E-state index contributed by atoms with van der Waals surface area (Å²) in [6, 6.07) is 5.81. The summed E-state index contributed by atoms with van der Waals surface area (Å²) in [5.74, 6) is -0.546. The number of hydrogen-bond acceptors (Lipinski definition) is 3. The van der Waals surface area contributed by atoms with E-state index in [1.54, 1.807) is 0 Å². The Hall–Kier alpha value is -2.37. The lowest BCUT2D eigenvalue weighted by atomic mass is 9.82. The number of fused-ring (bicyclic) bond motifs is 1. The van der Waals surface area contributed by atoms with Gasteiger partial charge in [-0.05, 0) is 62.1 Å². The van der Waals surface area contributed by atoms with Crippen molar-refractivity contribution in [3.8, 4) is 0 Å². The molecule has 0 bridgehead atoms. The Balaban J connectivity index is 1.39. The Morgan fingerprint density at radius 3 is 2.57 bits per heavy atom. The summed E-state index contributed by atoms with van der Waals surface area (Å²) in [7, 11) is 0. The van der Waals surface area contributed by atoms with E-state index in [2.05, 4.69) is 28.8 Å². The molecule has 0 unspecified atom stereocenters. The number of urea groups is 1. The number of rotatable bonds is 4. The van der Waals surface area contributed by atoms with Crippen molar-refractivity contribution in [3.05, 3.63) is 34.9 Å². The van der Waals surface area contributed by atoms with Gasteiger partial charge in [0.2, 0.25) is 5.91 Å². The van der Waals surface area contributed by atoms with Gasteiger partial charge in [0.25, 0.3) is 5.91 Å². The standard InChI is InChI=1S/C22H29N3O3/c1-15(17-10-9-16-7-3-4-8-18(16)13-17)23-19(26)14-25-20(27)22(24-21(25)28)11-5-2-6-12-22/h9-10,13,15H,2-8,11-12,14H2,1H3,(H,23,26)(H,24,28)/t15-/m0/s1. The third-order valence-corrected chi connectivity index (χ3v) is 6.50. The fourth-order valence-electron chi connectivity index (χ4n) is 4.85. The number of carbonyl (C=O) groups excluding carboxylic acids is 3. The number of carbonyl (C=O) groups is 3. The van der Waals surface area contributed by atoms with Crippen LogP contribution in [0.15, 0.2) is 18.2 Å². The molecule has 1 saturated carbocycles. The van der Waals surface area contributed by atoms with E-state index in [1.165, 1.54) is 24.0 Å². The quantitative estimate of drug-likeness (QED) is 0.785. The predicted molar refractivity (Wildman–Crippen MR) is 106 cm³/mol. The van der Waals surface area contributed by atoms with Gasteiger partial charge in [0.15, 0.2) is 0 Å². The number of amides is 4.